The molecule has 23 heavy (non-hydrogen) atoms. The second kappa shape index (κ2) is 5.37. The van der Waals surface area contributed by atoms with Gasteiger partial charge in [-0.25, -0.2) is 0 Å². The van der Waals surface area contributed by atoms with Crippen LogP contribution in [0, 0.1) is 5.92 Å². The van der Waals surface area contributed by atoms with Gasteiger partial charge in [-0.2, -0.15) is 4.98 Å². The largest absolute Gasteiger partial charge is 0.369 e. The van der Waals surface area contributed by atoms with E-state index in [2.05, 4.69) is 27.4 Å². The van der Waals surface area contributed by atoms with Crippen LogP contribution in [0.2, 0.25) is 0 Å². The number of nitrogen functional groups attached to an aromatic ring is 1. The molecular weight excluding hydrogens is 292 g/mol. The lowest BCUT2D eigenvalue weighted by Crippen LogP contribution is -2.35. The molecule has 2 atom stereocenters. The summed E-state index contributed by atoms with van der Waals surface area (Å²) in [5.74, 6) is 0.893. The van der Waals surface area contributed by atoms with Gasteiger partial charge in [0.2, 0.25) is 5.95 Å². The van der Waals surface area contributed by atoms with Crippen molar-refractivity contribution in [2.45, 2.75) is 44.4 Å². The van der Waals surface area contributed by atoms with E-state index in [4.69, 9.17) is 5.73 Å². The first kappa shape index (κ1) is 14.2. The first-order valence-electron chi connectivity index (χ1n) is 8.23. The molecule has 2 heterocycles. The van der Waals surface area contributed by atoms with Crippen molar-refractivity contribution in [2.75, 3.05) is 11.1 Å². The molecule has 0 bridgehead atoms. The Morgan fingerprint density at radius 1 is 1.22 bits per heavy atom. The van der Waals surface area contributed by atoms with Crippen LogP contribution in [0.25, 0.3) is 0 Å². The maximum atomic E-state index is 12.6. The van der Waals surface area contributed by atoms with Crippen LogP contribution < -0.4 is 16.6 Å². The number of aromatic nitrogens is 2. The monoisotopic (exact) mass is 312 g/mol. The smallest absolute Gasteiger partial charge is 0.258 e. The Kier molecular flexibility index (Phi) is 3.32. The third-order valence-corrected chi connectivity index (χ3v) is 5.10. The predicted octanol–water partition coefficient (Wildman–Crippen LogP) is 2.22. The van der Waals surface area contributed by atoms with E-state index < -0.39 is 0 Å². The summed E-state index contributed by atoms with van der Waals surface area (Å²) in [6.07, 6.45) is 9.41. The normalized spacial score (nSPS) is 26.5. The average molecular weight is 312 g/mol. The maximum Gasteiger partial charge on any atom is 0.258 e. The fraction of sp³-hybridized carbons (Fsp3) is 0.471. The van der Waals surface area contributed by atoms with Crippen LogP contribution in [0.4, 0.5) is 11.8 Å². The Hall–Kier alpha value is -2.37. The van der Waals surface area contributed by atoms with E-state index in [1.54, 1.807) is 0 Å². The highest BCUT2D eigenvalue weighted by atomic mass is 16.1. The molecule has 1 aromatic rings. The number of hydrogen-bond donors (Lipinski definition) is 3. The van der Waals surface area contributed by atoms with Crippen LogP contribution in [-0.4, -0.2) is 15.8 Å². The Balaban J connectivity index is 1.91. The van der Waals surface area contributed by atoms with Gasteiger partial charge < -0.3 is 11.1 Å². The molecule has 3 aliphatic rings. The van der Waals surface area contributed by atoms with Crippen LogP contribution in [0.1, 0.15) is 50.0 Å². The average Bonchev–Trinajstić information content (AvgIpc) is 2.54. The SMILES string of the molecule is Nc1nc2c(c(=O)[nH]1)[C@@H]([C@H]1CC=CCC1)C1=C(CCCC1=O)N2. The van der Waals surface area contributed by atoms with E-state index in [1.807, 2.05) is 0 Å². The molecule has 6 heteroatoms. The van der Waals surface area contributed by atoms with E-state index >= 15 is 0 Å². The summed E-state index contributed by atoms with van der Waals surface area (Å²) < 4.78 is 0. The van der Waals surface area contributed by atoms with E-state index in [0.717, 1.165) is 43.4 Å². The van der Waals surface area contributed by atoms with Gasteiger partial charge in [-0.05, 0) is 38.0 Å². The van der Waals surface area contributed by atoms with Gasteiger partial charge in [0.05, 0.1) is 5.56 Å². The quantitative estimate of drug-likeness (QED) is 0.690. The Morgan fingerprint density at radius 3 is 2.87 bits per heavy atom. The summed E-state index contributed by atoms with van der Waals surface area (Å²) in [6, 6.07) is 0. The Bertz CT molecular complexity index is 790. The molecule has 2 aliphatic carbocycles. The standard InChI is InChI=1S/C17H20N4O2/c18-17-20-15-14(16(23)21-17)12(9-5-2-1-3-6-9)13-10(19-15)7-4-8-11(13)22/h1-2,9,12H,3-8H2,(H4,18,19,20,21,23)/t9-,12-/m0/s1. The van der Waals surface area contributed by atoms with Crippen molar-refractivity contribution in [3.8, 4) is 0 Å². The number of carbonyl (C=O) groups excluding carboxylic acids is 1. The molecule has 4 N–H and O–H groups in total. The number of anilines is 2. The van der Waals surface area contributed by atoms with E-state index in [1.165, 1.54) is 0 Å². The zero-order valence-electron chi connectivity index (χ0n) is 12.9. The first-order valence-corrected chi connectivity index (χ1v) is 8.23. The second-order valence-corrected chi connectivity index (χ2v) is 6.53. The Morgan fingerprint density at radius 2 is 2.09 bits per heavy atom. The summed E-state index contributed by atoms with van der Waals surface area (Å²) in [5.41, 5.74) is 7.79. The van der Waals surface area contributed by atoms with Crippen LogP contribution in [0.5, 0.6) is 0 Å². The number of allylic oxidation sites excluding steroid dienone is 4. The number of Topliss-reactive ketones (excluding diaryl/α,β-unsaturated/α-hetero) is 1. The van der Waals surface area contributed by atoms with Crippen LogP contribution in [-0.2, 0) is 4.79 Å². The van der Waals surface area contributed by atoms with Gasteiger partial charge in [-0.1, -0.05) is 12.2 Å². The highest BCUT2D eigenvalue weighted by Crippen LogP contribution is 2.46. The molecule has 120 valence electrons. The fourth-order valence-electron chi connectivity index (χ4n) is 4.12. The summed E-state index contributed by atoms with van der Waals surface area (Å²) in [6.45, 7) is 0. The maximum absolute atomic E-state index is 12.6. The zero-order chi connectivity index (χ0) is 16.0. The van der Waals surface area contributed by atoms with Crippen molar-refractivity contribution < 1.29 is 4.79 Å². The van der Waals surface area contributed by atoms with Crippen molar-refractivity contribution in [2.24, 2.45) is 5.92 Å². The van der Waals surface area contributed by atoms with E-state index in [-0.39, 0.29) is 29.1 Å². The number of aromatic amines is 1. The van der Waals surface area contributed by atoms with Gasteiger partial charge >= 0.3 is 0 Å². The number of nitrogens with two attached hydrogens (primary N) is 1. The van der Waals surface area contributed by atoms with E-state index in [0.29, 0.717) is 17.8 Å². The van der Waals surface area contributed by atoms with E-state index in [9.17, 15) is 9.59 Å². The van der Waals surface area contributed by atoms with Gasteiger partial charge in [0.15, 0.2) is 5.78 Å². The summed E-state index contributed by atoms with van der Waals surface area (Å²) in [7, 11) is 0. The minimum absolute atomic E-state index is 0.106. The van der Waals surface area contributed by atoms with Crippen molar-refractivity contribution in [3.63, 3.8) is 0 Å². The number of nitrogens with zero attached hydrogens (tertiary/aromatic N) is 1. The van der Waals surface area contributed by atoms with Crippen molar-refractivity contribution in [1.29, 1.82) is 0 Å². The Labute approximate surface area is 133 Å². The minimum atomic E-state index is -0.232. The van der Waals surface area contributed by atoms with Gasteiger partial charge in [0, 0.05) is 23.6 Å². The third-order valence-electron chi connectivity index (χ3n) is 5.10. The van der Waals surface area contributed by atoms with Gasteiger partial charge in [-0.15, -0.1) is 0 Å². The lowest BCUT2D eigenvalue weighted by molar-refractivity contribution is -0.116. The van der Waals surface area contributed by atoms with Crippen molar-refractivity contribution in [1.82, 2.24) is 9.97 Å². The summed E-state index contributed by atoms with van der Waals surface area (Å²) in [5, 5.41) is 3.21. The van der Waals surface area contributed by atoms with Crippen molar-refractivity contribution >= 4 is 17.5 Å². The molecule has 0 aromatic carbocycles. The van der Waals surface area contributed by atoms with Crippen LogP contribution in [0.15, 0.2) is 28.2 Å². The van der Waals surface area contributed by atoms with Crippen molar-refractivity contribution in [3.05, 3.63) is 39.3 Å². The number of fused-ring (bicyclic) bond motifs is 1. The summed E-state index contributed by atoms with van der Waals surface area (Å²) in [4.78, 5) is 32.0. The van der Waals surface area contributed by atoms with Crippen LogP contribution >= 0.6 is 0 Å². The first-order chi connectivity index (χ1) is 11.1. The molecule has 0 fully saturated rings. The number of carbonyl (C=O) groups is 1. The molecule has 0 saturated carbocycles. The number of nitrogens with one attached hydrogen (secondary N) is 2. The molecule has 0 unspecified atom stereocenters. The van der Waals surface area contributed by atoms with Gasteiger partial charge in [0.1, 0.15) is 5.82 Å². The molecule has 6 nitrogen and oxygen atoms in total. The number of hydrogen-bond acceptors (Lipinski definition) is 5. The topological polar surface area (TPSA) is 101 Å². The molecule has 1 aliphatic heterocycles. The van der Waals surface area contributed by atoms with Crippen LogP contribution in [0.3, 0.4) is 0 Å². The predicted molar refractivity (Wildman–Crippen MR) is 88.0 cm³/mol. The molecule has 0 radical (unpaired) electrons. The summed E-state index contributed by atoms with van der Waals surface area (Å²) >= 11 is 0. The number of ketones is 1. The molecule has 0 saturated heterocycles. The van der Waals surface area contributed by atoms with Gasteiger partial charge in [-0.3, -0.25) is 14.6 Å². The molecule has 0 spiro atoms. The highest BCUT2D eigenvalue weighted by molar-refractivity contribution is 6.00. The lowest BCUT2D eigenvalue weighted by Gasteiger charge is -2.37. The molecular formula is C17H20N4O2. The lowest BCUT2D eigenvalue weighted by atomic mass is 9.70. The zero-order valence-corrected chi connectivity index (χ0v) is 12.9. The third kappa shape index (κ3) is 2.29. The minimum Gasteiger partial charge on any atom is -0.369 e. The fourth-order valence-corrected chi connectivity index (χ4v) is 4.12. The molecule has 1 aromatic heterocycles. The number of rotatable bonds is 1. The van der Waals surface area contributed by atoms with Gasteiger partial charge in [0.25, 0.3) is 5.56 Å². The molecule has 0 amide bonds. The molecule has 4 rings (SSSR count). The highest BCUT2D eigenvalue weighted by Gasteiger charge is 2.40. The number of H-pyrrole nitrogens is 1. The second-order valence-electron chi connectivity index (χ2n) is 6.53.